The molecule has 0 N–H and O–H groups in total. The van der Waals surface area contributed by atoms with Gasteiger partial charge >= 0.3 is 5.97 Å². The van der Waals surface area contributed by atoms with E-state index < -0.39 is 12.0 Å². The van der Waals surface area contributed by atoms with Gasteiger partial charge in [0.15, 0.2) is 0 Å². The van der Waals surface area contributed by atoms with Crippen LogP contribution in [0.4, 0.5) is 0 Å². The summed E-state index contributed by atoms with van der Waals surface area (Å²) in [6.45, 7) is 4.32. The predicted octanol–water partition coefficient (Wildman–Crippen LogP) is 3.33. The van der Waals surface area contributed by atoms with Crippen molar-refractivity contribution in [2.75, 3.05) is 0 Å². The summed E-state index contributed by atoms with van der Waals surface area (Å²) in [6.07, 6.45) is 0. The van der Waals surface area contributed by atoms with Crippen molar-refractivity contribution in [3.05, 3.63) is 48.2 Å². The van der Waals surface area contributed by atoms with Gasteiger partial charge in [0.25, 0.3) is 5.91 Å². The third kappa shape index (κ3) is 3.51. The first-order valence-electron chi connectivity index (χ1n) is 6.62. The molecule has 0 aliphatic carbocycles. The Morgan fingerprint density at radius 3 is 2.33 bits per heavy atom. The first-order valence-corrected chi connectivity index (χ1v) is 6.62. The summed E-state index contributed by atoms with van der Waals surface area (Å²) >= 11 is 0. The average molecular weight is 287 g/mol. The second kappa shape index (κ2) is 6.26. The highest BCUT2D eigenvalue weighted by Gasteiger charge is 2.24. The molecule has 1 heterocycles. The molecule has 1 atom stereocenters. The van der Waals surface area contributed by atoms with Crippen LogP contribution in [0.5, 0.6) is 0 Å². The molecular formula is C16H17NO4. The Labute approximate surface area is 123 Å². The van der Waals surface area contributed by atoms with Crippen LogP contribution in [0.1, 0.15) is 32.6 Å². The molecule has 0 bridgehead atoms. The molecule has 1 aromatic heterocycles. The zero-order valence-electron chi connectivity index (χ0n) is 12.2. The Balaban J connectivity index is 2.23. The van der Waals surface area contributed by atoms with E-state index in [1.165, 1.54) is 13.8 Å². The number of furan rings is 1. The zero-order valence-corrected chi connectivity index (χ0v) is 12.2. The van der Waals surface area contributed by atoms with Crippen molar-refractivity contribution >= 4 is 11.9 Å². The van der Waals surface area contributed by atoms with Crippen LogP contribution < -0.4 is 0 Å². The van der Waals surface area contributed by atoms with Gasteiger partial charge in [0.2, 0.25) is 0 Å². The maximum atomic E-state index is 11.6. The van der Waals surface area contributed by atoms with E-state index in [4.69, 9.17) is 9.25 Å². The van der Waals surface area contributed by atoms with E-state index in [-0.39, 0.29) is 5.91 Å². The molecule has 110 valence electrons. The van der Waals surface area contributed by atoms with Gasteiger partial charge < -0.3 is 9.25 Å². The number of hydrogen-bond acceptors (Lipinski definition) is 4. The van der Waals surface area contributed by atoms with Gasteiger partial charge in [-0.25, -0.2) is 0 Å². The first kappa shape index (κ1) is 14.8. The molecule has 5 nitrogen and oxygen atoms in total. The monoisotopic (exact) mass is 287 g/mol. The van der Waals surface area contributed by atoms with Crippen LogP contribution in [0.25, 0.3) is 11.3 Å². The lowest BCUT2D eigenvalue weighted by Crippen LogP contribution is -2.33. The number of carbonyl (C=O) groups excluding carboxylic acids is 2. The second-order valence-corrected chi connectivity index (χ2v) is 4.67. The number of hydrogen-bond donors (Lipinski definition) is 0. The van der Waals surface area contributed by atoms with Crippen molar-refractivity contribution in [3.8, 4) is 11.3 Å². The molecule has 0 spiro atoms. The van der Waals surface area contributed by atoms with Gasteiger partial charge in [-0.15, -0.1) is 0 Å². The standard InChI is InChI=1S/C16H17NO4/c1-11(17(12(2)18)21-13(3)19)15-9-10-16(20-15)14-7-5-4-6-8-14/h4-11H,1-3H3. The molecular weight excluding hydrogens is 270 g/mol. The average Bonchev–Trinajstić information content (AvgIpc) is 2.94. The highest BCUT2D eigenvalue weighted by molar-refractivity contribution is 5.75. The molecule has 1 unspecified atom stereocenters. The van der Waals surface area contributed by atoms with Crippen molar-refractivity contribution in [1.29, 1.82) is 0 Å². The summed E-state index contributed by atoms with van der Waals surface area (Å²) in [4.78, 5) is 27.6. The number of amides is 1. The molecule has 0 aliphatic rings. The molecule has 0 saturated carbocycles. The maximum Gasteiger partial charge on any atom is 0.329 e. The van der Waals surface area contributed by atoms with Crippen molar-refractivity contribution in [2.45, 2.75) is 26.8 Å². The highest BCUT2D eigenvalue weighted by Crippen LogP contribution is 2.28. The summed E-state index contributed by atoms with van der Waals surface area (Å²) in [5.41, 5.74) is 0.942. The lowest BCUT2D eigenvalue weighted by molar-refractivity contribution is -0.205. The van der Waals surface area contributed by atoms with Gasteiger partial charge in [-0.05, 0) is 19.1 Å². The molecule has 21 heavy (non-hydrogen) atoms. The van der Waals surface area contributed by atoms with Crippen molar-refractivity contribution in [3.63, 3.8) is 0 Å². The molecule has 0 radical (unpaired) electrons. The molecule has 0 aliphatic heterocycles. The lowest BCUT2D eigenvalue weighted by Gasteiger charge is -2.24. The van der Waals surface area contributed by atoms with Crippen LogP contribution in [0, 0.1) is 0 Å². The minimum atomic E-state index is -0.549. The summed E-state index contributed by atoms with van der Waals surface area (Å²) < 4.78 is 5.76. The number of benzene rings is 1. The largest absolute Gasteiger partial charge is 0.459 e. The van der Waals surface area contributed by atoms with Gasteiger partial charge in [-0.2, -0.15) is 5.06 Å². The van der Waals surface area contributed by atoms with Crippen molar-refractivity contribution in [2.24, 2.45) is 0 Å². The minimum absolute atomic E-state index is 0.365. The quantitative estimate of drug-likeness (QED) is 0.812. The SMILES string of the molecule is CC(=O)ON(C(C)=O)C(C)c1ccc(-c2ccccc2)o1. The molecule has 2 aromatic rings. The summed E-state index contributed by atoms with van der Waals surface area (Å²) in [6, 6.07) is 12.7. The summed E-state index contributed by atoms with van der Waals surface area (Å²) in [5.74, 6) is 0.330. The third-order valence-electron chi connectivity index (χ3n) is 2.99. The topological polar surface area (TPSA) is 59.8 Å². The molecule has 0 fully saturated rings. The van der Waals surface area contributed by atoms with Gasteiger partial charge in [0.05, 0.1) is 0 Å². The Bertz CT molecular complexity index is 633. The minimum Gasteiger partial charge on any atom is -0.459 e. The van der Waals surface area contributed by atoms with Crippen molar-refractivity contribution < 1.29 is 18.8 Å². The summed E-state index contributed by atoms with van der Waals surface area (Å²) in [7, 11) is 0. The lowest BCUT2D eigenvalue weighted by atomic mass is 10.2. The number of nitrogens with zero attached hydrogens (tertiary/aromatic N) is 1. The fraction of sp³-hybridized carbons (Fsp3) is 0.250. The van der Waals surface area contributed by atoms with Crippen LogP contribution in [0.15, 0.2) is 46.9 Å². The van der Waals surface area contributed by atoms with Crippen LogP contribution >= 0.6 is 0 Å². The number of hydroxylamine groups is 2. The van der Waals surface area contributed by atoms with E-state index in [0.717, 1.165) is 10.6 Å². The molecule has 1 amide bonds. The zero-order chi connectivity index (χ0) is 15.4. The Kier molecular flexibility index (Phi) is 4.42. The normalized spacial score (nSPS) is 11.8. The van der Waals surface area contributed by atoms with E-state index in [0.29, 0.717) is 11.5 Å². The van der Waals surface area contributed by atoms with E-state index >= 15 is 0 Å². The van der Waals surface area contributed by atoms with E-state index in [1.54, 1.807) is 13.0 Å². The highest BCUT2D eigenvalue weighted by atomic mass is 16.7. The molecule has 2 rings (SSSR count). The van der Waals surface area contributed by atoms with Crippen LogP contribution in [0.3, 0.4) is 0 Å². The molecule has 5 heteroatoms. The predicted molar refractivity (Wildman–Crippen MR) is 76.8 cm³/mol. The van der Waals surface area contributed by atoms with Gasteiger partial charge in [-0.1, -0.05) is 30.3 Å². The van der Waals surface area contributed by atoms with Crippen LogP contribution in [-0.4, -0.2) is 16.9 Å². The first-order chi connectivity index (χ1) is 9.99. The number of carbonyl (C=O) groups is 2. The Hall–Kier alpha value is -2.56. The summed E-state index contributed by atoms with van der Waals surface area (Å²) in [5, 5.41) is 1.01. The van der Waals surface area contributed by atoms with Crippen LogP contribution in [-0.2, 0) is 14.4 Å². The molecule has 1 aromatic carbocycles. The fourth-order valence-corrected chi connectivity index (χ4v) is 2.01. The van der Waals surface area contributed by atoms with E-state index in [9.17, 15) is 9.59 Å². The second-order valence-electron chi connectivity index (χ2n) is 4.67. The van der Waals surface area contributed by atoms with Gasteiger partial charge in [0, 0.05) is 19.4 Å². The molecule has 0 saturated heterocycles. The fourth-order valence-electron chi connectivity index (χ4n) is 2.01. The van der Waals surface area contributed by atoms with Crippen LogP contribution in [0.2, 0.25) is 0 Å². The number of rotatable bonds is 3. The van der Waals surface area contributed by atoms with Crippen molar-refractivity contribution in [1.82, 2.24) is 5.06 Å². The van der Waals surface area contributed by atoms with E-state index in [1.807, 2.05) is 36.4 Å². The third-order valence-corrected chi connectivity index (χ3v) is 2.99. The Morgan fingerprint density at radius 2 is 1.76 bits per heavy atom. The van der Waals surface area contributed by atoms with Gasteiger partial charge in [-0.3, -0.25) is 9.59 Å². The Morgan fingerprint density at radius 1 is 1.10 bits per heavy atom. The maximum absolute atomic E-state index is 11.6. The van der Waals surface area contributed by atoms with Gasteiger partial charge in [0.1, 0.15) is 17.6 Å². The van der Waals surface area contributed by atoms with E-state index in [2.05, 4.69) is 0 Å². The smallest absolute Gasteiger partial charge is 0.329 e.